The van der Waals surface area contributed by atoms with Crippen molar-refractivity contribution in [1.82, 2.24) is 0 Å². The first kappa shape index (κ1) is 14.1. The van der Waals surface area contributed by atoms with Gasteiger partial charge < -0.3 is 22.9 Å². The third-order valence-electron chi connectivity index (χ3n) is 2.73. The van der Waals surface area contributed by atoms with Crippen molar-refractivity contribution in [1.29, 1.82) is 0 Å². The molecule has 0 unspecified atom stereocenters. The van der Waals surface area contributed by atoms with Crippen molar-refractivity contribution >= 4 is 11.8 Å². The maximum atomic E-state index is 11.5. The molecule has 98 valence electrons. The van der Waals surface area contributed by atoms with Gasteiger partial charge in [0.2, 0.25) is 11.8 Å². The van der Waals surface area contributed by atoms with Crippen LogP contribution in [0.4, 0.5) is 0 Å². The lowest BCUT2D eigenvalue weighted by atomic mass is 9.91. The van der Waals surface area contributed by atoms with Crippen molar-refractivity contribution in [3.63, 3.8) is 0 Å². The highest BCUT2D eigenvalue weighted by Gasteiger charge is 2.19. The Labute approximate surface area is 105 Å². The predicted molar refractivity (Wildman–Crippen MR) is 69.0 cm³/mol. The molecule has 1 rings (SSSR count). The molecule has 1 aromatic carbocycles. The highest BCUT2D eigenvalue weighted by molar-refractivity contribution is 6.07. The van der Waals surface area contributed by atoms with Crippen molar-refractivity contribution in [2.75, 3.05) is 13.1 Å². The molecule has 18 heavy (non-hydrogen) atoms. The van der Waals surface area contributed by atoms with Gasteiger partial charge in [-0.3, -0.25) is 9.59 Å². The number of rotatable bonds is 6. The average Bonchev–Trinajstić information content (AvgIpc) is 2.30. The minimum Gasteiger partial charge on any atom is -0.366 e. The van der Waals surface area contributed by atoms with Crippen LogP contribution in [0.25, 0.3) is 0 Å². The van der Waals surface area contributed by atoms with Crippen LogP contribution in [0.1, 0.15) is 31.8 Å². The molecule has 8 N–H and O–H groups in total. The van der Waals surface area contributed by atoms with E-state index < -0.39 is 11.8 Å². The van der Waals surface area contributed by atoms with Gasteiger partial charge in [-0.05, 0) is 43.1 Å². The molecule has 0 aromatic heterocycles. The highest BCUT2D eigenvalue weighted by atomic mass is 16.2. The molecule has 0 bridgehead atoms. The zero-order valence-electron chi connectivity index (χ0n) is 10.1. The molecule has 0 spiro atoms. The van der Waals surface area contributed by atoms with E-state index in [0.29, 0.717) is 31.5 Å². The quantitative estimate of drug-likeness (QED) is 0.508. The predicted octanol–water partition coefficient (Wildman–Crippen LogP) is -1.11. The average molecular weight is 250 g/mol. The van der Waals surface area contributed by atoms with Crippen LogP contribution < -0.4 is 22.9 Å². The topological polar surface area (TPSA) is 138 Å². The number of hydrogen-bond acceptors (Lipinski definition) is 4. The van der Waals surface area contributed by atoms with Crippen molar-refractivity contribution < 1.29 is 9.59 Å². The van der Waals surface area contributed by atoms with E-state index in [1.807, 2.05) is 0 Å². The zero-order chi connectivity index (χ0) is 13.7. The summed E-state index contributed by atoms with van der Waals surface area (Å²) < 4.78 is 0. The third-order valence-corrected chi connectivity index (χ3v) is 2.73. The number of amides is 2. The number of primary amides is 2. The second-order valence-electron chi connectivity index (χ2n) is 3.93. The summed E-state index contributed by atoms with van der Waals surface area (Å²) in [5.74, 6) is -1.35. The molecule has 6 nitrogen and oxygen atoms in total. The molecule has 0 saturated carbocycles. The normalized spacial score (nSPS) is 10.3. The number of carbonyl (C=O) groups is 2. The van der Waals surface area contributed by atoms with Crippen LogP contribution in [0.5, 0.6) is 0 Å². The van der Waals surface area contributed by atoms with Gasteiger partial charge in [-0.1, -0.05) is 6.07 Å². The molecule has 1 aromatic rings. The molecule has 0 fully saturated rings. The van der Waals surface area contributed by atoms with E-state index in [0.717, 1.165) is 5.56 Å². The van der Waals surface area contributed by atoms with E-state index in [1.165, 1.54) is 6.07 Å². The molecule has 0 heterocycles. The molecule has 2 amide bonds. The van der Waals surface area contributed by atoms with E-state index in [9.17, 15) is 9.59 Å². The number of benzene rings is 1. The minimum absolute atomic E-state index is 0.131. The van der Waals surface area contributed by atoms with Crippen molar-refractivity contribution in [3.05, 3.63) is 34.4 Å². The smallest absolute Gasteiger partial charge is 0.249 e. The molecule has 0 aliphatic carbocycles. The van der Waals surface area contributed by atoms with Crippen LogP contribution in [-0.2, 0) is 12.8 Å². The van der Waals surface area contributed by atoms with E-state index >= 15 is 0 Å². The Morgan fingerprint density at radius 2 is 1.56 bits per heavy atom. The lowest BCUT2D eigenvalue weighted by Crippen LogP contribution is -2.25. The van der Waals surface area contributed by atoms with Gasteiger partial charge in [-0.15, -0.1) is 0 Å². The van der Waals surface area contributed by atoms with Crippen LogP contribution in [0, 0.1) is 0 Å². The SMILES string of the molecule is NCCc1ccc(C(N)=O)c(C(N)=O)c1CCN. The molecule has 0 radical (unpaired) electrons. The Balaban J connectivity index is 3.48. The first-order valence-electron chi connectivity index (χ1n) is 5.67. The van der Waals surface area contributed by atoms with Crippen molar-refractivity contribution in [3.8, 4) is 0 Å². The van der Waals surface area contributed by atoms with E-state index in [-0.39, 0.29) is 11.1 Å². The number of hydrogen-bond donors (Lipinski definition) is 4. The summed E-state index contributed by atoms with van der Waals surface area (Å²) in [4.78, 5) is 22.8. The summed E-state index contributed by atoms with van der Waals surface area (Å²) in [5, 5.41) is 0. The van der Waals surface area contributed by atoms with Gasteiger partial charge in [0.1, 0.15) is 0 Å². The van der Waals surface area contributed by atoms with Gasteiger partial charge in [0, 0.05) is 0 Å². The standard InChI is InChI=1S/C12H18N4O2/c13-5-3-7-1-2-9(11(15)17)10(12(16)18)8(7)4-6-14/h1-2H,3-6,13-14H2,(H2,15,17)(H2,16,18). The summed E-state index contributed by atoms with van der Waals surface area (Å²) >= 11 is 0. The summed E-state index contributed by atoms with van der Waals surface area (Å²) in [6.45, 7) is 0.783. The fourth-order valence-corrected chi connectivity index (χ4v) is 2.00. The van der Waals surface area contributed by atoms with Gasteiger partial charge in [-0.25, -0.2) is 0 Å². The van der Waals surface area contributed by atoms with Crippen molar-refractivity contribution in [2.24, 2.45) is 22.9 Å². The van der Waals surface area contributed by atoms with Crippen LogP contribution in [0.3, 0.4) is 0 Å². The Kier molecular flexibility index (Phi) is 4.82. The van der Waals surface area contributed by atoms with E-state index in [2.05, 4.69) is 0 Å². The van der Waals surface area contributed by atoms with E-state index in [4.69, 9.17) is 22.9 Å². The third kappa shape index (κ3) is 2.85. The fraction of sp³-hybridized carbons (Fsp3) is 0.333. The Morgan fingerprint density at radius 1 is 0.944 bits per heavy atom. The molecule has 6 heteroatoms. The zero-order valence-corrected chi connectivity index (χ0v) is 10.1. The van der Waals surface area contributed by atoms with Crippen LogP contribution in [-0.4, -0.2) is 24.9 Å². The highest BCUT2D eigenvalue weighted by Crippen LogP contribution is 2.20. The van der Waals surface area contributed by atoms with Crippen LogP contribution in [0.2, 0.25) is 0 Å². The Morgan fingerprint density at radius 3 is 2.00 bits per heavy atom. The first-order valence-corrected chi connectivity index (χ1v) is 5.67. The Hall–Kier alpha value is -1.92. The minimum atomic E-state index is -0.679. The molecule has 0 aliphatic rings. The van der Waals surface area contributed by atoms with E-state index in [1.54, 1.807) is 6.07 Å². The lowest BCUT2D eigenvalue weighted by Gasteiger charge is -2.14. The summed E-state index contributed by atoms with van der Waals surface area (Å²) in [6, 6.07) is 3.25. The molecular weight excluding hydrogens is 232 g/mol. The van der Waals surface area contributed by atoms with Gasteiger partial charge >= 0.3 is 0 Å². The second kappa shape index (κ2) is 6.13. The fourth-order valence-electron chi connectivity index (χ4n) is 2.00. The molecule has 0 aliphatic heterocycles. The van der Waals surface area contributed by atoms with Crippen molar-refractivity contribution in [2.45, 2.75) is 12.8 Å². The summed E-state index contributed by atoms with van der Waals surface area (Å²) in [7, 11) is 0. The van der Waals surface area contributed by atoms with Gasteiger partial charge in [0.05, 0.1) is 11.1 Å². The van der Waals surface area contributed by atoms with Gasteiger partial charge in [0.25, 0.3) is 0 Å². The second-order valence-corrected chi connectivity index (χ2v) is 3.93. The van der Waals surface area contributed by atoms with Crippen LogP contribution in [0.15, 0.2) is 12.1 Å². The maximum absolute atomic E-state index is 11.5. The molecule has 0 saturated heterocycles. The monoisotopic (exact) mass is 250 g/mol. The Bertz CT molecular complexity index is 471. The first-order chi connectivity index (χ1) is 8.52. The number of carbonyl (C=O) groups excluding carboxylic acids is 2. The lowest BCUT2D eigenvalue weighted by molar-refractivity contribution is 0.0966. The maximum Gasteiger partial charge on any atom is 0.249 e. The van der Waals surface area contributed by atoms with Gasteiger partial charge in [0.15, 0.2) is 0 Å². The molecular formula is C12H18N4O2. The largest absolute Gasteiger partial charge is 0.366 e. The summed E-state index contributed by atoms with van der Waals surface area (Å²) in [6.07, 6.45) is 1.05. The summed E-state index contributed by atoms with van der Waals surface area (Å²) in [5.41, 5.74) is 23.4. The number of nitrogens with two attached hydrogens (primary N) is 4. The molecule has 0 atom stereocenters. The van der Waals surface area contributed by atoms with Gasteiger partial charge in [-0.2, -0.15) is 0 Å². The van der Waals surface area contributed by atoms with Crippen LogP contribution >= 0.6 is 0 Å².